The lowest BCUT2D eigenvalue weighted by atomic mass is 9.97. The number of alkyl halides is 6. The van der Waals surface area contributed by atoms with E-state index in [1.54, 1.807) is 33.9 Å². The molecule has 0 aromatic carbocycles. The molecule has 1 fully saturated rings. The van der Waals surface area contributed by atoms with Crippen molar-refractivity contribution in [2.24, 2.45) is 10.4 Å². The van der Waals surface area contributed by atoms with Crippen LogP contribution in [0.3, 0.4) is 0 Å². The van der Waals surface area contributed by atoms with E-state index in [9.17, 15) is 14.6 Å². The van der Waals surface area contributed by atoms with Crippen LogP contribution in [0.1, 0.15) is 0 Å². The van der Waals surface area contributed by atoms with Crippen molar-refractivity contribution in [3.8, 4) is 0 Å². The van der Waals surface area contributed by atoms with Crippen LogP contribution in [0.2, 0.25) is 0 Å². The van der Waals surface area contributed by atoms with Gasteiger partial charge in [-0.05, 0) is 33.6 Å². The number of hydrogen-bond donors (Lipinski definition) is 0. The number of rotatable bonds is 0. The maximum atomic E-state index is 11.6. The second kappa shape index (κ2) is 19.0. The van der Waals surface area contributed by atoms with Gasteiger partial charge in [0.25, 0.3) is 11.6 Å². The first-order valence-corrected chi connectivity index (χ1v) is 18.4. The zero-order valence-electron chi connectivity index (χ0n) is 28.4. The molecule has 25 heteroatoms. The summed E-state index contributed by atoms with van der Waals surface area (Å²) in [7, 11) is 9.54. The summed E-state index contributed by atoms with van der Waals surface area (Å²) in [5, 5.41) is 28.5. The minimum atomic E-state index is -5.64. The van der Waals surface area contributed by atoms with E-state index in [-0.39, 0.29) is 0 Å². The predicted molar refractivity (Wildman–Crippen MR) is 191 cm³/mol. The van der Waals surface area contributed by atoms with Crippen molar-refractivity contribution in [1.29, 1.82) is 0 Å². The van der Waals surface area contributed by atoms with E-state index < -0.39 is 40.2 Å². The fraction of sp³-hybridized carbons (Fsp3) is 0.538. The van der Waals surface area contributed by atoms with Gasteiger partial charge in [-0.1, -0.05) is 0 Å². The molecule has 2 aliphatic heterocycles. The molecule has 0 radical (unpaired) electrons. The highest BCUT2D eigenvalue weighted by Gasteiger charge is 2.47. The first kappa shape index (κ1) is 44.6. The molecule has 0 atom stereocenters. The van der Waals surface area contributed by atoms with Crippen molar-refractivity contribution in [3.63, 3.8) is 0 Å². The Hall–Kier alpha value is -2.54. The fourth-order valence-corrected chi connectivity index (χ4v) is 6.98. The highest BCUT2D eigenvalue weighted by molar-refractivity contribution is 7.42. The Kier molecular flexibility index (Phi) is 16.6. The summed E-state index contributed by atoms with van der Waals surface area (Å²) < 4.78 is 21.7. The van der Waals surface area contributed by atoms with Crippen LogP contribution in [0, 0.1) is 10.4 Å². The third-order valence-corrected chi connectivity index (χ3v) is 10.5. The van der Waals surface area contributed by atoms with Crippen molar-refractivity contribution in [3.05, 3.63) is 47.1 Å². The standard InChI is InChI=1S/2C10H15N6O.C6H6Cl6.FH2O3P/c2*1-13(2)10(14(3)4)15-8-6-5-7-11-9(8)16(17)12-15;7-1-2(8)4(10)6(12)5(11)3(1)9;1-5(2,3)4/h2*5-7H,1-4H3;1-6H;(H2,2,3,4)/q2*+1;;/p-2/t;;1-,2-,3-,4+,5+,6+;. The Morgan fingerprint density at radius 1 is 0.627 bits per heavy atom. The van der Waals surface area contributed by atoms with Crippen molar-refractivity contribution in [2.45, 2.75) is 32.3 Å². The van der Waals surface area contributed by atoms with Crippen LogP contribution in [0.15, 0.2) is 47.1 Å². The highest BCUT2D eigenvalue weighted by atomic mass is 35.5. The van der Waals surface area contributed by atoms with E-state index in [2.05, 4.69) is 20.4 Å². The first-order valence-electron chi connectivity index (χ1n) is 14.4. The molecule has 0 spiro atoms. The average molecular weight is 859 g/mol. The lowest BCUT2D eigenvalue weighted by molar-refractivity contribution is -0.593. The minimum absolute atomic E-state index is 0.314. The summed E-state index contributed by atoms with van der Waals surface area (Å²) in [5.41, 5.74) is 1.36. The third-order valence-electron chi connectivity index (χ3n) is 6.50. The summed E-state index contributed by atoms with van der Waals surface area (Å²) in [4.78, 5) is 33.5. The SMILES string of the molecule is CN(C)C(N(C)C)=[N+]1N=[N+]([O-])c2ncccc21.CN(C)C(N(C)C)=[N+]1N=[N+]([O-])c2ncccc21.Cl[C@H]1[C@H](Cl)[C@@H](Cl)[C@@H](Cl)[C@H](Cl)[C@H]1Cl.O=P([O-])([O-])F. The normalized spacial score (nSPS) is 23.0. The quantitative estimate of drug-likeness (QED) is 0.123. The van der Waals surface area contributed by atoms with Gasteiger partial charge in [0.05, 0.1) is 88.6 Å². The lowest BCUT2D eigenvalue weighted by Crippen LogP contribution is -2.52. The molecule has 51 heavy (non-hydrogen) atoms. The maximum Gasteiger partial charge on any atom is 0.468 e. The molecule has 2 aromatic heterocycles. The molecule has 4 heterocycles. The van der Waals surface area contributed by atoms with Gasteiger partial charge in [-0.25, -0.2) is 33.8 Å². The second-order valence-electron chi connectivity index (χ2n) is 11.3. The molecule has 0 N–H and O–H groups in total. The van der Waals surface area contributed by atoms with Crippen molar-refractivity contribution in [2.75, 3.05) is 56.4 Å². The number of guanidine groups is 2. The molecule has 5 rings (SSSR count). The lowest BCUT2D eigenvalue weighted by Gasteiger charge is -2.37. The van der Waals surface area contributed by atoms with Gasteiger partial charge in [0.1, 0.15) is 18.4 Å². The van der Waals surface area contributed by atoms with Crippen molar-refractivity contribution in [1.82, 2.24) is 29.6 Å². The molecule has 2 aromatic rings. The molecule has 0 amide bonds. The van der Waals surface area contributed by atoms with Gasteiger partial charge < -0.3 is 24.8 Å². The molecule has 284 valence electrons. The van der Waals surface area contributed by atoms with Crippen molar-refractivity contribution < 1.29 is 37.6 Å². The minimum Gasteiger partial charge on any atom is -0.786 e. The second-order valence-corrected chi connectivity index (χ2v) is 15.2. The van der Waals surface area contributed by atoms with Gasteiger partial charge >= 0.3 is 11.9 Å². The van der Waals surface area contributed by atoms with E-state index in [1.165, 1.54) is 0 Å². The van der Waals surface area contributed by atoms with Crippen LogP contribution < -0.4 is 9.79 Å². The predicted octanol–water partition coefficient (Wildman–Crippen LogP) is 3.88. The Balaban J connectivity index is 0.000000252. The molecular formula is C26H36Cl6FN12O5P. The number of nitrogens with zero attached hydrogens (tertiary/aromatic N) is 12. The summed E-state index contributed by atoms with van der Waals surface area (Å²) in [5.74, 6) is 2.21. The van der Waals surface area contributed by atoms with Gasteiger partial charge in [-0.2, -0.15) is 0 Å². The Bertz CT molecular complexity index is 1520. The molecule has 1 saturated carbocycles. The van der Waals surface area contributed by atoms with Gasteiger partial charge in [0, 0.05) is 12.4 Å². The highest BCUT2D eigenvalue weighted by Crippen LogP contribution is 2.40. The smallest absolute Gasteiger partial charge is 0.468 e. The maximum absolute atomic E-state index is 11.6. The van der Waals surface area contributed by atoms with E-state index >= 15 is 0 Å². The topological polar surface area (TPSA) is 185 Å². The van der Waals surface area contributed by atoms with E-state index in [4.69, 9.17) is 84.0 Å². The number of aromatic nitrogens is 2. The zero-order valence-corrected chi connectivity index (χ0v) is 33.9. The van der Waals surface area contributed by atoms with Crippen LogP contribution in [-0.2, 0) is 4.57 Å². The van der Waals surface area contributed by atoms with Crippen LogP contribution in [0.5, 0.6) is 0 Å². The van der Waals surface area contributed by atoms with Crippen LogP contribution >= 0.6 is 77.5 Å². The largest absolute Gasteiger partial charge is 0.786 e. The fourth-order valence-electron chi connectivity index (χ4n) is 4.65. The summed E-state index contributed by atoms with van der Waals surface area (Å²) in [6.45, 7) is 0. The average Bonchev–Trinajstić information content (AvgIpc) is 3.53. The monoisotopic (exact) mass is 856 g/mol. The van der Waals surface area contributed by atoms with E-state index in [0.717, 1.165) is 11.9 Å². The zero-order chi connectivity index (χ0) is 39.1. The molecule has 0 saturated heterocycles. The van der Waals surface area contributed by atoms with Crippen molar-refractivity contribution >= 4 is 112 Å². The summed E-state index contributed by atoms with van der Waals surface area (Å²) in [6, 6.07) is 7.19. The van der Waals surface area contributed by atoms with Crippen LogP contribution in [-0.4, -0.2) is 149 Å². The van der Waals surface area contributed by atoms with Gasteiger partial charge in [-0.3, -0.25) is 0 Å². The van der Waals surface area contributed by atoms with E-state index in [1.807, 2.05) is 88.1 Å². The molecule has 0 unspecified atom stereocenters. The first-order chi connectivity index (χ1) is 23.5. The number of pyridine rings is 2. The molecular weight excluding hydrogens is 823 g/mol. The number of fused-ring (bicyclic) bond motifs is 2. The molecule has 0 bridgehead atoms. The van der Waals surface area contributed by atoms with Crippen LogP contribution in [0.4, 0.5) is 27.2 Å². The van der Waals surface area contributed by atoms with Gasteiger partial charge in [0.15, 0.2) is 0 Å². The van der Waals surface area contributed by atoms with Gasteiger partial charge in [0.2, 0.25) is 11.4 Å². The van der Waals surface area contributed by atoms with Gasteiger partial charge in [-0.15, -0.1) is 79.3 Å². The summed E-state index contributed by atoms with van der Waals surface area (Å²) in [6.07, 6.45) is 3.15. The number of hydrogen-bond acceptors (Lipinski definition) is 9. The Morgan fingerprint density at radius 2 is 0.863 bits per heavy atom. The molecule has 1 aliphatic carbocycles. The van der Waals surface area contributed by atoms with E-state index in [0.29, 0.717) is 32.7 Å². The molecule has 17 nitrogen and oxygen atoms in total. The Labute approximate surface area is 324 Å². The molecule has 3 aliphatic rings. The Morgan fingerprint density at radius 3 is 1.08 bits per heavy atom. The third kappa shape index (κ3) is 11.7. The number of halogens is 7. The van der Waals surface area contributed by atoms with Crippen LogP contribution in [0.25, 0.3) is 0 Å². The summed E-state index contributed by atoms with van der Waals surface area (Å²) >= 11 is 35.3.